The first-order valence-electron chi connectivity index (χ1n) is 10.2. The molecule has 1 aromatic heterocycles. The van der Waals surface area contributed by atoms with Crippen molar-refractivity contribution in [2.75, 3.05) is 32.7 Å². The lowest BCUT2D eigenvalue weighted by molar-refractivity contribution is -0.135. The number of likely N-dealkylation sites (tertiary alicyclic amines) is 1. The summed E-state index contributed by atoms with van der Waals surface area (Å²) in [7, 11) is 0. The van der Waals surface area contributed by atoms with Gasteiger partial charge in [0.25, 0.3) is 5.91 Å². The SMILES string of the molecule is CC(C)c1cc(C(=O)N2CCCC(N3CCNCC3=O)C2)c2ccccc2n1. The molecule has 1 unspecified atom stereocenters. The minimum atomic E-state index is 0.0489. The number of piperidine rings is 1. The summed E-state index contributed by atoms with van der Waals surface area (Å²) in [6.45, 7) is 7.49. The van der Waals surface area contributed by atoms with Crippen molar-refractivity contribution in [3.8, 4) is 0 Å². The van der Waals surface area contributed by atoms with Crippen molar-refractivity contribution in [2.45, 2.75) is 38.6 Å². The summed E-state index contributed by atoms with van der Waals surface area (Å²) in [6.07, 6.45) is 1.89. The van der Waals surface area contributed by atoms with Crippen LogP contribution in [-0.4, -0.2) is 65.4 Å². The molecule has 6 heteroatoms. The molecule has 2 aliphatic rings. The first-order valence-corrected chi connectivity index (χ1v) is 10.2. The van der Waals surface area contributed by atoms with E-state index in [2.05, 4.69) is 19.2 Å². The van der Waals surface area contributed by atoms with Crippen molar-refractivity contribution in [1.29, 1.82) is 0 Å². The zero-order chi connectivity index (χ0) is 19.7. The molecule has 4 rings (SSSR count). The number of nitrogens with zero attached hydrogens (tertiary/aromatic N) is 3. The Kier molecular flexibility index (Phi) is 5.31. The lowest BCUT2D eigenvalue weighted by atomic mass is 9.99. The van der Waals surface area contributed by atoms with E-state index < -0.39 is 0 Å². The maximum absolute atomic E-state index is 13.5. The Hall–Kier alpha value is -2.47. The smallest absolute Gasteiger partial charge is 0.254 e. The molecule has 0 aliphatic carbocycles. The lowest BCUT2D eigenvalue weighted by Gasteiger charge is -2.41. The number of carbonyl (C=O) groups excluding carboxylic acids is 2. The third-order valence-corrected chi connectivity index (χ3v) is 5.81. The Morgan fingerprint density at radius 2 is 2.07 bits per heavy atom. The quantitative estimate of drug-likeness (QED) is 0.888. The molecule has 1 aromatic carbocycles. The third-order valence-electron chi connectivity index (χ3n) is 5.81. The molecule has 0 radical (unpaired) electrons. The molecule has 3 heterocycles. The molecule has 1 N–H and O–H groups in total. The summed E-state index contributed by atoms with van der Waals surface area (Å²) in [5.41, 5.74) is 2.53. The third kappa shape index (κ3) is 3.61. The Labute approximate surface area is 165 Å². The highest BCUT2D eigenvalue weighted by molar-refractivity contribution is 6.06. The summed E-state index contributed by atoms with van der Waals surface area (Å²) in [6, 6.07) is 9.92. The topological polar surface area (TPSA) is 65.5 Å². The molecular formula is C22H28N4O2. The van der Waals surface area contributed by atoms with Gasteiger partial charge >= 0.3 is 0 Å². The van der Waals surface area contributed by atoms with Gasteiger partial charge in [-0.05, 0) is 30.9 Å². The first-order chi connectivity index (χ1) is 13.5. The van der Waals surface area contributed by atoms with Gasteiger partial charge in [0.15, 0.2) is 0 Å². The van der Waals surface area contributed by atoms with Crippen molar-refractivity contribution in [3.63, 3.8) is 0 Å². The highest BCUT2D eigenvalue weighted by Crippen LogP contribution is 2.25. The van der Waals surface area contributed by atoms with Crippen LogP contribution in [-0.2, 0) is 4.79 Å². The van der Waals surface area contributed by atoms with Crippen LogP contribution in [0.15, 0.2) is 30.3 Å². The minimum absolute atomic E-state index is 0.0489. The van der Waals surface area contributed by atoms with Gasteiger partial charge in [0.1, 0.15) is 0 Å². The van der Waals surface area contributed by atoms with E-state index in [1.165, 1.54) is 0 Å². The number of amides is 2. The van der Waals surface area contributed by atoms with Crippen molar-refractivity contribution >= 4 is 22.7 Å². The lowest BCUT2D eigenvalue weighted by Crippen LogP contribution is -2.57. The number of pyridine rings is 1. The molecule has 2 amide bonds. The molecule has 2 saturated heterocycles. The van der Waals surface area contributed by atoms with Crippen molar-refractivity contribution in [2.24, 2.45) is 0 Å². The van der Waals surface area contributed by atoms with Gasteiger partial charge in [-0.15, -0.1) is 0 Å². The van der Waals surface area contributed by atoms with Crippen molar-refractivity contribution in [3.05, 3.63) is 41.6 Å². The number of para-hydroxylation sites is 1. The van der Waals surface area contributed by atoms with Crippen LogP contribution in [0.5, 0.6) is 0 Å². The fraction of sp³-hybridized carbons (Fsp3) is 0.500. The number of nitrogens with one attached hydrogen (secondary N) is 1. The van der Waals surface area contributed by atoms with Crippen LogP contribution < -0.4 is 5.32 Å². The predicted molar refractivity (Wildman–Crippen MR) is 109 cm³/mol. The van der Waals surface area contributed by atoms with E-state index in [-0.39, 0.29) is 23.8 Å². The first kappa shape index (κ1) is 18.9. The van der Waals surface area contributed by atoms with Crippen LogP contribution in [0.3, 0.4) is 0 Å². The van der Waals surface area contributed by atoms with Gasteiger partial charge < -0.3 is 15.1 Å². The number of piperazine rings is 1. The van der Waals surface area contributed by atoms with Crippen molar-refractivity contribution < 1.29 is 9.59 Å². The minimum Gasteiger partial charge on any atom is -0.337 e. The van der Waals surface area contributed by atoms with E-state index in [1.807, 2.05) is 40.1 Å². The van der Waals surface area contributed by atoms with E-state index >= 15 is 0 Å². The molecule has 2 aliphatic heterocycles. The molecule has 6 nitrogen and oxygen atoms in total. The molecule has 148 valence electrons. The molecule has 0 spiro atoms. The molecule has 2 aromatic rings. The Morgan fingerprint density at radius 3 is 2.86 bits per heavy atom. The average molecular weight is 380 g/mol. The molecule has 2 fully saturated rings. The molecular weight excluding hydrogens is 352 g/mol. The van der Waals surface area contributed by atoms with E-state index in [9.17, 15) is 9.59 Å². The van der Waals surface area contributed by atoms with E-state index in [1.54, 1.807) is 0 Å². The maximum Gasteiger partial charge on any atom is 0.254 e. The fourth-order valence-electron chi connectivity index (χ4n) is 4.24. The number of rotatable bonds is 3. The number of carbonyl (C=O) groups is 2. The van der Waals surface area contributed by atoms with Gasteiger partial charge in [0.2, 0.25) is 5.91 Å². The zero-order valence-corrected chi connectivity index (χ0v) is 16.6. The van der Waals surface area contributed by atoms with Crippen LogP contribution in [0.4, 0.5) is 0 Å². The summed E-state index contributed by atoms with van der Waals surface area (Å²) in [5.74, 6) is 0.443. The Balaban J connectivity index is 1.62. The fourth-order valence-corrected chi connectivity index (χ4v) is 4.24. The highest BCUT2D eigenvalue weighted by atomic mass is 16.2. The largest absolute Gasteiger partial charge is 0.337 e. The van der Waals surface area contributed by atoms with Crippen LogP contribution in [0.1, 0.15) is 48.7 Å². The molecule has 0 bridgehead atoms. The number of hydrogen-bond acceptors (Lipinski definition) is 4. The second kappa shape index (κ2) is 7.87. The van der Waals surface area contributed by atoms with E-state index in [0.717, 1.165) is 54.6 Å². The molecule has 1 atom stereocenters. The second-order valence-electron chi connectivity index (χ2n) is 8.08. The summed E-state index contributed by atoms with van der Waals surface area (Å²) in [5, 5.41) is 4.02. The Morgan fingerprint density at radius 1 is 1.25 bits per heavy atom. The number of hydrogen-bond donors (Lipinski definition) is 1. The van der Waals surface area contributed by atoms with Crippen LogP contribution in [0.2, 0.25) is 0 Å². The van der Waals surface area contributed by atoms with Crippen LogP contribution >= 0.6 is 0 Å². The Bertz CT molecular complexity index is 895. The number of fused-ring (bicyclic) bond motifs is 1. The van der Waals surface area contributed by atoms with Crippen LogP contribution in [0.25, 0.3) is 10.9 Å². The second-order valence-corrected chi connectivity index (χ2v) is 8.08. The summed E-state index contributed by atoms with van der Waals surface area (Å²) < 4.78 is 0. The number of aromatic nitrogens is 1. The van der Waals surface area contributed by atoms with Gasteiger partial charge in [0, 0.05) is 43.3 Å². The molecule has 28 heavy (non-hydrogen) atoms. The highest BCUT2D eigenvalue weighted by Gasteiger charge is 2.32. The zero-order valence-electron chi connectivity index (χ0n) is 16.6. The monoisotopic (exact) mass is 380 g/mol. The standard InChI is InChI=1S/C22H28N4O2/c1-15(2)20-12-18(17-7-3-4-8-19(17)24-20)22(28)25-10-5-6-16(14-25)26-11-9-23-13-21(26)27/h3-4,7-8,12,15-16,23H,5-6,9-11,13-14H2,1-2H3. The van der Waals surface area contributed by atoms with Gasteiger partial charge in [0.05, 0.1) is 17.6 Å². The van der Waals surface area contributed by atoms with E-state index in [0.29, 0.717) is 13.1 Å². The number of benzene rings is 1. The maximum atomic E-state index is 13.5. The molecule has 0 saturated carbocycles. The summed E-state index contributed by atoms with van der Waals surface area (Å²) in [4.78, 5) is 34.4. The van der Waals surface area contributed by atoms with Crippen LogP contribution in [0, 0.1) is 0 Å². The normalized spacial score (nSPS) is 20.8. The average Bonchev–Trinajstić information content (AvgIpc) is 2.72. The van der Waals surface area contributed by atoms with E-state index in [4.69, 9.17) is 4.98 Å². The van der Waals surface area contributed by atoms with Gasteiger partial charge in [-0.3, -0.25) is 14.6 Å². The predicted octanol–water partition coefficient (Wildman–Crippen LogP) is 2.39. The van der Waals surface area contributed by atoms with Gasteiger partial charge in [-0.1, -0.05) is 32.0 Å². The summed E-state index contributed by atoms with van der Waals surface area (Å²) >= 11 is 0. The van der Waals surface area contributed by atoms with Gasteiger partial charge in [-0.25, -0.2) is 0 Å². The van der Waals surface area contributed by atoms with Gasteiger partial charge in [-0.2, -0.15) is 0 Å². The van der Waals surface area contributed by atoms with Crippen molar-refractivity contribution in [1.82, 2.24) is 20.1 Å².